The van der Waals surface area contributed by atoms with Crippen molar-refractivity contribution in [1.82, 2.24) is 4.98 Å². The Balaban J connectivity index is 2.84. The van der Waals surface area contributed by atoms with Crippen LogP contribution in [0.3, 0.4) is 0 Å². The molecule has 0 aromatic carbocycles. The molecule has 0 fully saturated rings. The zero-order chi connectivity index (χ0) is 13.5. The van der Waals surface area contributed by atoms with Crippen molar-refractivity contribution in [3.05, 3.63) is 17.8 Å². The van der Waals surface area contributed by atoms with Crippen LogP contribution in [0.1, 0.15) is 24.2 Å². The number of hydrogen-bond donors (Lipinski definition) is 2. The molecule has 1 heterocycles. The fraction of sp³-hybridized carbons (Fsp3) is 0.500. The van der Waals surface area contributed by atoms with Crippen LogP contribution in [0.2, 0.25) is 0 Å². The topological polar surface area (TPSA) is 77.2 Å². The summed E-state index contributed by atoms with van der Waals surface area (Å²) in [6.45, 7) is 4.15. The van der Waals surface area contributed by atoms with Crippen molar-refractivity contribution in [2.75, 3.05) is 29.7 Å². The molecule has 0 bridgehead atoms. The van der Waals surface area contributed by atoms with Crippen LogP contribution in [0.25, 0.3) is 0 Å². The zero-order valence-electron chi connectivity index (χ0n) is 10.9. The number of pyridine rings is 1. The van der Waals surface area contributed by atoms with Crippen LogP contribution in [0.15, 0.2) is 12.3 Å². The Morgan fingerprint density at radius 1 is 1.67 bits per heavy atom. The summed E-state index contributed by atoms with van der Waals surface area (Å²) in [7, 11) is 1.34. The van der Waals surface area contributed by atoms with Crippen LogP contribution in [0.5, 0.6) is 0 Å². The number of nitrogen functional groups attached to an aromatic ring is 1. The van der Waals surface area contributed by atoms with Gasteiger partial charge >= 0.3 is 5.97 Å². The maximum Gasteiger partial charge on any atom is 0.341 e. The van der Waals surface area contributed by atoms with E-state index in [1.807, 2.05) is 18.7 Å². The van der Waals surface area contributed by atoms with Crippen LogP contribution in [0, 0.1) is 0 Å². The molecule has 0 aliphatic heterocycles. The van der Waals surface area contributed by atoms with Gasteiger partial charge in [-0.15, -0.1) is 0 Å². The third-order valence-corrected chi connectivity index (χ3v) is 3.41. The van der Waals surface area contributed by atoms with Gasteiger partial charge in [-0.3, -0.25) is 0 Å². The summed E-state index contributed by atoms with van der Waals surface area (Å²) < 4.78 is 4.71. The monoisotopic (exact) mass is 269 g/mol. The van der Waals surface area contributed by atoms with Gasteiger partial charge in [-0.05, 0) is 18.7 Å². The Kier molecular flexibility index (Phi) is 5.77. The standard InChI is InChI=1S/C12H19N3O2S/c1-4-18-7-8(2)15-11-10(12(16)17-3)5-9(13)6-14-11/h5-6,8H,4,7,13H2,1-3H3,(H,14,15). The van der Waals surface area contributed by atoms with Crippen LogP contribution in [-0.2, 0) is 4.74 Å². The largest absolute Gasteiger partial charge is 0.465 e. The number of thioether (sulfide) groups is 1. The maximum absolute atomic E-state index is 11.6. The first-order valence-electron chi connectivity index (χ1n) is 5.76. The Bertz CT molecular complexity index is 412. The Morgan fingerprint density at radius 2 is 2.39 bits per heavy atom. The van der Waals surface area contributed by atoms with Crippen molar-refractivity contribution in [2.45, 2.75) is 19.9 Å². The fourth-order valence-electron chi connectivity index (χ4n) is 1.43. The predicted molar refractivity (Wildman–Crippen MR) is 76.1 cm³/mol. The van der Waals surface area contributed by atoms with Gasteiger partial charge in [0, 0.05) is 11.8 Å². The highest BCUT2D eigenvalue weighted by Gasteiger charge is 2.15. The van der Waals surface area contributed by atoms with Crippen molar-refractivity contribution in [3.8, 4) is 0 Å². The predicted octanol–water partition coefficient (Wildman–Crippen LogP) is 2.00. The van der Waals surface area contributed by atoms with Gasteiger partial charge in [0.2, 0.25) is 0 Å². The Labute approximate surface area is 111 Å². The molecular formula is C12H19N3O2S. The van der Waals surface area contributed by atoms with Gasteiger partial charge in [0.25, 0.3) is 0 Å². The van der Waals surface area contributed by atoms with E-state index in [2.05, 4.69) is 17.2 Å². The molecule has 0 aliphatic carbocycles. The molecule has 18 heavy (non-hydrogen) atoms. The molecule has 0 saturated carbocycles. The number of carbonyl (C=O) groups excluding carboxylic acids is 1. The second kappa shape index (κ2) is 7.10. The van der Waals surface area contributed by atoms with Gasteiger partial charge in [0.05, 0.1) is 19.0 Å². The summed E-state index contributed by atoms with van der Waals surface area (Å²) in [5.74, 6) is 2.08. The van der Waals surface area contributed by atoms with Gasteiger partial charge in [-0.25, -0.2) is 9.78 Å². The third-order valence-electron chi connectivity index (χ3n) is 2.27. The minimum absolute atomic E-state index is 0.217. The lowest BCUT2D eigenvalue weighted by molar-refractivity contribution is 0.0601. The number of anilines is 2. The first-order valence-corrected chi connectivity index (χ1v) is 6.92. The first-order chi connectivity index (χ1) is 8.58. The zero-order valence-corrected chi connectivity index (χ0v) is 11.7. The number of nitrogens with two attached hydrogens (primary N) is 1. The molecule has 5 nitrogen and oxygen atoms in total. The number of rotatable bonds is 6. The number of methoxy groups -OCH3 is 1. The lowest BCUT2D eigenvalue weighted by Gasteiger charge is -2.16. The molecule has 1 atom stereocenters. The van der Waals surface area contributed by atoms with E-state index in [9.17, 15) is 4.79 Å². The van der Waals surface area contributed by atoms with E-state index >= 15 is 0 Å². The number of ether oxygens (including phenoxy) is 1. The van der Waals surface area contributed by atoms with Crippen molar-refractivity contribution >= 4 is 29.2 Å². The molecule has 0 amide bonds. The Morgan fingerprint density at radius 3 is 3.00 bits per heavy atom. The van der Waals surface area contributed by atoms with E-state index in [0.717, 1.165) is 11.5 Å². The number of nitrogens with one attached hydrogen (secondary N) is 1. The molecular weight excluding hydrogens is 250 g/mol. The molecule has 1 unspecified atom stereocenters. The molecule has 1 aromatic rings. The van der Waals surface area contributed by atoms with Crippen molar-refractivity contribution in [2.24, 2.45) is 0 Å². The average Bonchev–Trinajstić information content (AvgIpc) is 2.37. The van der Waals surface area contributed by atoms with Crippen LogP contribution in [0.4, 0.5) is 11.5 Å². The van der Waals surface area contributed by atoms with E-state index in [0.29, 0.717) is 17.1 Å². The number of carbonyl (C=O) groups is 1. The normalized spacial score (nSPS) is 11.9. The average molecular weight is 269 g/mol. The molecule has 0 saturated heterocycles. The third kappa shape index (κ3) is 4.10. The highest BCUT2D eigenvalue weighted by Crippen LogP contribution is 2.18. The minimum atomic E-state index is -0.437. The van der Waals surface area contributed by atoms with Crippen molar-refractivity contribution < 1.29 is 9.53 Å². The summed E-state index contributed by atoms with van der Waals surface area (Å²) in [5, 5.41) is 3.20. The maximum atomic E-state index is 11.6. The number of esters is 1. The summed E-state index contributed by atoms with van der Waals surface area (Å²) in [6, 6.07) is 1.79. The van der Waals surface area contributed by atoms with Gasteiger partial charge in [-0.2, -0.15) is 11.8 Å². The minimum Gasteiger partial charge on any atom is -0.465 e. The van der Waals surface area contributed by atoms with Gasteiger partial charge in [-0.1, -0.05) is 6.92 Å². The summed E-state index contributed by atoms with van der Waals surface area (Å²) in [6.07, 6.45) is 1.52. The fourth-order valence-corrected chi connectivity index (χ4v) is 2.10. The molecule has 100 valence electrons. The van der Waals surface area contributed by atoms with E-state index < -0.39 is 5.97 Å². The smallest absolute Gasteiger partial charge is 0.341 e. The lowest BCUT2D eigenvalue weighted by Crippen LogP contribution is -2.21. The first kappa shape index (κ1) is 14.6. The summed E-state index contributed by atoms with van der Waals surface area (Å²) >= 11 is 1.83. The number of aromatic nitrogens is 1. The second-order valence-corrected chi connectivity index (χ2v) is 5.18. The molecule has 0 aliphatic rings. The van der Waals surface area contributed by atoms with Crippen LogP contribution >= 0.6 is 11.8 Å². The molecule has 6 heteroatoms. The summed E-state index contributed by atoms with van der Waals surface area (Å²) in [5.41, 5.74) is 6.44. The highest BCUT2D eigenvalue weighted by molar-refractivity contribution is 7.99. The molecule has 1 aromatic heterocycles. The van der Waals surface area contributed by atoms with Gasteiger partial charge < -0.3 is 15.8 Å². The van der Waals surface area contributed by atoms with E-state index in [4.69, 9.17) is 10.5 Å². The van der Waals surface area contributed by atoms with E-state index in [1.54, 1.807) is 6.07 Å². The molecule has 3 N–H and O–H groups in total. The summed E-state index contributed by atoms with van der Waals surface area (Å²) in [4.78, 5) is 15.8. The highest BCUT2D eigenvalue weighted by atomic mass is 32.2. The van der Waals surface area contributed by atoms with Crippen LogP contribution in [-0.4, -0.2) is 35.6 Å². The SMILES string of the molecule is CCSCC(C)Nc1ncc(N)cc1C(=O)OC. The quantitative estimate of drug-likeness (QED) is 0.769. The van der Waals surface area contributed by atoms with E-state index in [-0.39, 0.29) is 6.04 Å². The second-order valence-electron chi connectivity index (χ2n) is 3.86. The van der Waals surface area contributed by atoms with Crippen molar-refractivity contribution in [1.29, 1.82) is 0 Å². The molecule has 1 rings (SSSR count). The van der Waals surface area contributed by atoms with Gasteiger partial charge in [0.15, 0.2) is 0 Å². The number of nitrogens with zero attached hydrogens (tertiary/aromatic N) is 1. The van der Waals surface area contributed by atoms with Crippen molar-refractivity contribution in [3.63, 3.8) is 0 Å². The van der Waals surface area contributed by atoms with Gasteiger partial charge in [0.1, 0.15) is 11.4 Å². The number of hydrogen-bond acceptors (Lipinski definition) is 6. The lowest BCUT2D eigenvalue weighted by atomic mass is 10.2. The molecule has 0 spiro atoms. The Hall–Kier alpha value is -1.43. The van der Waals surface area contributed by atoms with Crippen LogP contribution < -0.4 is 11.1 Å². The molecule has 0 radical (unpaired) electrons. The van der Waals surface area contributed by atoms with E-state index in [1.165, 1.54) is 13.3 Å².